The normalized spacial score (nSPS) is 30.7. The summed E-state index contributed by atoms with van der Waals surface area (Å²) in [6, 6.07) is 5.13. The first-order valence-corrected chi connectivity index (χ1v) is 7.60. The number of Topliss-reactive ketones (excluding diaryl/α,β-unsaturated/α-hetero) is 1. The number of piperidine rings is 1. The van der Waals surface area contributed by atoms with Crippen LogP contribution in [0.2, 0.25) is 10.0 Å². The molecule has 0 bridgehead atoms. The van der Waals surface area contributed by atoms with Crippen molar-refractivity contribution in [2.75, 3.05) is 19.7 Å². The maximum absolute atomic E-state index is 12.5. The highest BCUT2D eigenvalue weighted by molar-refractivity contribution is 6.42. The molecule has 1 aliphatic heterocycles. The average Bonchev–Trinajstić information content (AvgIpc) is 3.16. The van der Waals surface area contributed by atoms with Gasteiger partial charge >= 0.3 is 5.97 Å². The van der Waals surface area contributed by atoms with E-state index in [2.05, 4.69) is 5.32 Å². The molecule has 1 N–H and O–H groups in total. The molecule has 21 heavy (non-hydrogen) atoms. The van der Waals surface area contributed by atoms with E-state index in [1.807, 2.05) is 0 Å². The molecule has 1 aromatic carbocycles. The number of nitrogens with one attached hydrogen (secondary N) is 1. The van der Waals surface area contributed by atoms with Crippen LogP contribution in [0.25, 0.3) is 0 Å². The molecule has 3 rings (SSSR count). The molecule has 0 spiro atoms. The minimum atomic E-state index is -0.821. The molecule has 2 fully saturated rings. The van der Waals surface area contributed by atoms with Crippen molar-refractivity contribution in [2.24, 2.45) is 5.41 Å². The minimum Gasteiger partial charge on any atom is -0.465 e. The molecule has 1 aromatic rings. The number of esters is 1. The molecule has 2 aliphatic rings. The van der Waals surface area contributed by atoms with Crippen molar-refractivity contribution in [1.29, 1.82) is 0 Å². The number of ether oxygens (including phenoxy) is 1. The van der Waals surface area contributed by atoms with Gasteiger partial charge in [-0.2, -0.15) is 0 Å². The Morgan fingerprint density at radius 2 is 2.14 bits per heavy atom. The topological polar surface area (TPSA) is 55.4 Å². The summed E-state index contributed by atoms with van der Waals surface area (Å²) in [7, 11) is 0. The highest BCUT2D eigenvalue weighted by Gasteiger charge is 2.78. The number of hydrogen-bond acceptors (Lipinski definition) is 4. The largest absolute Gasteiger partial charge is 0.465 e. The van der Waals surface area contributed by atoms with Gasteiger partial charge in [0.15, 0.2) is 5.78 Å². The number of hydrogen-bond donors (Lipinski definition) is 1. The van der Waals surface area contributed by atoms with Crippen LogP contribution in [-0.4, -0.2) is 31.4 Å². The molecule has 0 amide bonds. The van der Waals surface area contributed by atoms with Crippen molar-refractivity contribution >= 4 is 35.0 Å². The van der Waals surface area contributed by atoms with Crippen molar-refractivity contribution in [3.8, 4) is 0 Å². The summed E-state index contributed by atoms with van der Waals surface area (Å²) in [5.41, 5.74) is -0.884. The van der Waals surface area contributed by atoms with Gasteiger partial charge in [0.05, 0.1) is 34.0 Å². The molecule has 1 saturated heterocycles. The number of rotatable bonds is 3. The van der Waals surface area contributed by atoms with Gasteiger partial charge in [-0.1, -0.05) is 29.3 Å². The van der Waals surface area contributed by atoms with Crippen LogP contribution in [-0.2, 0) is 19.7 Å². The van der Waals surface area contributed by atoms with E-state index in [-0.39, 0.29) is 18.3 Å². The van der Waals surface area contributed by atoms with Gasteiger partial charge in [0.25, 0.3) is 0 Å². The summed E-state index contributed by atoms with van der Waals surface area (Å²) in [6.45, 7) is 2.75. The summed E-state index contributed by atoms with van der Waals surface area (Å²) in [4.78, 5) is 24.9. The summed E-state index contributed by atoms with van der Waals surface area (Å²) in [5, 5.41) is 3.84. The third kappa shape index (κ3) is 1.93. The van der Waals surface area contributed by atoms with E-state index in [1.54, 1.807) is 25.1 Å². The standard InChI is InChI=1S/C15H15Cl2NO3/c1-2-21-13(20)14-7-15(14,12(19)6-18-8-14)9-3-4-10(16)11(17)5-9/h3-5,18H,2,6-8H2,1H3. The van der Waals surface area contributed by atoms with Gasteiger partial charge in [-0.15, -0.1) is 0 Å². The van der Waals surface area contributed by atoms with Gasteiger partial charge in [-0.05, 0) is 31.0 Å². The number of fused-ring (bicyclic) bond motifs is 1. The summed E-state index contributed by atoms with van der Waals surface area (Å²) in [6.07, 6.45) is 0.461. The van der Waals surface area contributed by atoms with E-state index < -0.39 is 10.8 Å². The minimum absolute atomic E-state index is 0.000178. The van der Waals surface area contributed by atoms with E-state index in [4.69, 9.17) is 27.9 Å². The summed E-state index contributed by atoms with van der Waals surface area (Å²) in [5.74, 6) is -0.322. The van der Waals surface area contributed by atoms with Crippen LogP contribution in [0.15, 0.2) is 18.2 Å². The molecule has 1 heterocycles. The summed E-state index contributed by atoms with van der Waals surface area (Å²) >= 11 is 12.0. The van der Waals surface area contributed by atoms with Crippen LogP contribution in [0.3, 0.4) is 0 Å². The Labute approximate surface area is 132 Å². The number of carbonyl (C=O) groups excluding carboxylic acids is 2. The van der Waals surface area contributed by atoms with Crippen LogP contribution in [0.4, 0.5) is 0 Å². The van der Waals surface area contributed by atoms with Gasteiger partial charge in [0, 0.05) is 6.54 Å². The van der Waals surface area contributed by atoms with Crippen LogP contribution < -0.4 is 5.32 Å². The zero-order valence-corrected chi connectivity index (χ0v) is 13.1. The Morgan fingerprint density at radius 3 is 2.81 bits per heavy atom. The number of halogens is 2. The average molecular weight is 328 g/mol. The van der Waals surface area contributed by atoms with Gasteiger partial charge in [-0.25, -0.2) is 0 Å². The van der Waals surface area contributed by atoms with Crippen LogP contribution >= 0.6 is 23.2 Å². The van der Waals surface area contributed by atoms with Crippen molar-refractivity contribution in [1.82, 2.24) is 5.32 Å². The lowest BCUT2D eigenvalue weighted by molar-refractivity contribution is -0.152. The highest BCUT2D eigenvalue weighted by atomic mass is 35.5. The smallest absolute Gasteiger partial charge is 0.314 e. The molecule has 112 valence electrons. The third-order valence-electron chi connectivity index (χ3n) is 4.53. The molecule has 2 atom stereocenters. The maximum atomic E-state index is 12.5. The molecule has 2 unspecified atom stereocenters. The SMILES string of the molecule is CCOC(=O)C12CNCC(=O)C1(c1ccc(Cl)c(Cl)c1)C2. The van der Waals surface area contributed by atoms with E-state index in [1.165, 1.54) is 0 Å². The van der Waals surface area contributed by atoms with Crippen LogP contribution in [0, 0.1) is 5.41 Å². The number of ketones is 1. The lowest BCUT2D eigenvalue weighted by Crippen LogP contribution is -2.49. The molecule has 1 saturated carbocycles. The Morgan fingerprint density at radius 1 is 1.38 bits per heavy atom. The Balaban J connectivity index is 2.06. The monoisotopic (exact) mass is 327 g/mol. The Bertz CT molecular complexity index is 633. The van der Waals surface area contributed by atoms with Crippen LogP contribution in [0.5, 0.6) is 0 Å². The quantitative estimate of drug-likeness (QED) is 0.866. The molecule has 1 aliphatic carbocycles. The zero-order valence-electron chi connectivity index (χ0n) is 11.5. The van der Waals surface area contributed by atoms with Gasteiger partial charge < -0.3 is 10.1 Å². The lowest BCUT2D eigenvalue weighted by Gasteiger charge is -2.29. The molecule has 0 radical (unpaired) electrons. The molecule has 6 heteroatoms. The van der Waals surface area contributed by atoms with Gasteiger partial charge in [0.1, 0.15) is 0 Å². The highest BCUT2D eigenvalue weighted by Crippen LogP contribution is 2.67. The first-order valence-electron chi connectivity index (χ1n) is 6.85. The van der Waals surface area contributed by atoms with Crippen molar-refractivity contribution in [3.05, 3.63) is 33.8 Å². The van der Waals surface area contributed by atoms with E-state index in [0.29, 0.717) is 29.6 Å². The van der Waals surface area contributed by atoms with E-state index in [9.17, 15) is 9.59 Å². The van der Waals surface area contributed by atoms with E-state index >= 15 is 0 Å². The van der Waals surface area contributed by atoms with E-state index in [0.717, 1.165) is 5.56 Å². The Hall–Kier alpha value is -1.10. The second kappa shape index (κ2) is 4.97. The molecule has 4 nitrogen and oxygen atoms in total. The lowest BCUT2D eigenvalue weighted by atomic mass is 9.80. The van der Waals surface area contributed by atoms with Crippen molar-refractivity contribution < 1.29 is 14.3 Å². The number of carbonyl (C=O) groups is 2. The maximum Gasteiger partial charge on any atom is 0.314 e. The first kappa shape index (κ1) is 14.8. The first-order chi connectivity index (χ1) is 9.98. The fourth-order valence-electron chi connectivity index (χ4n) is 3.42. The fourth-order valence-corrected chi connectivity index (χ4v) is 3.71. The molecule has 0 aromatic heterocycles. The van der Waals surface area contributed by atoms with Crippen molar-refractivity contribution in [3.63, 3.8) is 0 Å². The second-order valence-corrected chi connectivity index (χ2v) is 6.35. The Kier molecular flexibility index (Phi) is 3.51. The second-order valence-electron chi connectivity index (χ2n) is 5.54. The predicted octanol–water partition coefficient (Wildman–Crippen LogP) is 2.36. The third-order valence-corrected chi connectivity index (χ3v) is 5.26. The van der Waals surface area contributed by atoms with Gasteiger partial charge in [-0.3, -0.25) is 9.59 Å². The van der Waals surface area contributed by atoms with Crippen molar-refractivity contribution in [2.45, 2.75) is 18.8 Å². The predicted molar refractivity (Wildman–Crippen MR) is 79.7 cm³/mol. The number of benzene rings is 1. The van der Waals surface area contributed by atoms with Crippen LogP contribution in [0.1, 0.15) is 18.9 Å². The summed E-state index contributed by atoms with van der Waals surface area (Å²) < 4.78 is 5.18. The fraction of sp³-hybridized carbons (Fsp3) is 0.467. The molecular weight excluding hydrogens is 313 g/mol. The molecular formula is C15H15Cl2NO3. The van der Waals surface area contributed by atoms with Gasteiger partial charge in [0.2, 0.25) is 0 Å². The zero-order chi connectivity index (χ0) is 15.3.